The van der Waals surface area contributed by atoms with Crippen LogP contribution < -0.4 is 17.0 Å². The van der Waals surface area contributed by atoms with Gasteiger partial charge in [-0.1, -0.05) is 42.3 Å². The molecule has 0 saturated heterocycles. The smallest absolute Gasteiger partial charge is 0.416 e. The number of halogens is 5. The Labute approximate surface area is 226 Å². The van der Waals surface area contributed by atoms with E-state index in [1.165, 1.54) is 21.0 Å². The van der Waals surface area contributed by atoms with Gasteiger partial charge in [-0.05, 0) is 37.6 Å². The summed E-state index contributed by atoms with van der Waals surface area (Å²) in [5.41, 5.74) is 1.51. The number of allylic oxidation sites excluding steroid dienone is 4. The van der Waals surface area contributed by atoms with Gasteiger partial charge in [-0.15, -0.1) is 6.42 Å². The van der Waals surface area contributed by atoms with Crippen molar-refractivity contribution < 1.29 is 26.7 Å². The highest BCUT2D eigenvalue weighted by atomic mass is 19.4. The second-order valence-electron chi connectivity index (χ2n) is 8.82. The molecule has 2 N–H and O–H groups in total. The predicted molar refractivity (Wildman–Crippen MR) is 141 cm³/mol. The number of terminal acetylenes is 1. The monoisotopic (exact) mass is 559 g/mol. The van der Waals surface area contributed by atoms with Gasteiger partial charge in [-0.2, -0.15) is 13.2 Å². The first kappa shape index (κ1) is 30.1. The van der Waals surface area contributed by atoms with E-state index in [0.717, 1.165) is 22.8 Å². The minimum Gasteiger partial charge on any atom is -0.498 e. The second kappa shape index (κ2) is 12.2. The van der Waals surface area contributed by atoms with Gasteiger partial charge in [0.2, 0.25) is 0 Å². The summed E-state index contributed by atoms with van der Waals surface area (Å²) in [5.74, 6) is -0.379. The highest BCUT2D eigenvalue weighted by Crippen LogP contribution is 2.34. The Morgan fingerprint density at radius 2 is 1.77 bits per heavy atom. The number of hydrogen-bond acceptors (Lipinski definition) is 4. The van der Waals surface area contributed by atoms with E-state index in [2.05, 4.69) is 5.92 Å². The van der Waals surface area contributed by atoms with Crippen LogP contribution in [0.5, 0.6) is 0 Å². The van der Waals surface area contributed by atoms with Crippen molar-refractivity contribution in [2.75, 3.05) is 7.11 Å². The second-order valence-corrected chi connectivity index (χ2v) is 8.82. The van der Waals surface area contributed by atoms with Crippen molar-refractivity contribution in [3.8, 4) is 12.3 Å². The van der Waals surface area contributed by atoms with Gasteiger partial charge < -0.3 is 10.5 Å². The Morgan fingerprint density at radius 3 is 2.35 bits per heavy atom. The number of ether oxygens (including phenoxy) is 1. The topological polar surface area (TPSA) is 79.2 Å². The molecular formula is C29H26F5N3O3. The largest absolute Gasteiger partial charge is 0.498 e. The van der Waals surface area contributed by atoms with Gasteiger partial charge in [0.05, 0.1) is 31.3 Å². The number of aromatic nitrogens is 2. The van der Waals surface area contributed by atoms with E-state index in [1.54, 1.807) is 30.3 Å². The fourth-order valence-corrected chi connectivity index (χ4v) is 4.21. The van der Waals surface area contributed by atoms with Gasteiger partial charge >= 0.3 is 11.9 Å². The van der Waals surface area contributed by atoms with Gasteiger partial charge in [0.15, 0.2) is 5.83 Å². The Morgan fingerprint density at radius 1 is 1.12 bits per heavy atom. The molecule has 0 fully saturated rings. The molecule has 2 aromatic carbocycles. The molecule has 0 radical (unpaired) electrons. The lowest BCUT2D eigenvalue weighted by atomic mass is 10.0. The van der Waals surface area contributed by atoms with Crippen molar-refractivity contribution in [3.63, 3.8) is 0 Å². The Kier molecular flexibility index (Phi) is 9.17. The number of methoxy groups -OCH3 is 1. The van der Waals surface area contributed by atoms with E-state index < -0.39 is 70.5 Å². The fraction of sp³-hybridized carbons (Fsp3) is 0.241. The number of benzene rings is 2. The van der Waals surface area contributed by atoms with Crippen molar-refractivity contribution in [1.82, 2.24) is 9.13 Å². The highest BCUT2D eigenvalue weighted by molar-refractivity contribution is 5.80. The summed E-state index contributed by atoms with van der Waals surface area (Å²) in [5, 5.41) is 0. The lowest BCUT2D eigenvalue weighted by Gasteiger charge is -2.22. The lowest BCUT2D eigenvalue weighted by molar-refractivity contribution is -0.138. The highest BCUT2D eigenvalue weighted by Gasteiger charge is 2.35. The molecule has 210 valence electrons. The number of rotatable bonds is 8. The molecule has 11 heteroatoms. The Bertz CT molecular complexity index is 1630. The van der Waals surface area contributed by atoms with Gasteiger partial charge in [-0.3, -0.25) is 13.9 Å². The minimum absolute atomic E-state index is 0.239. The molecule has 0 unspecified atom stereocenters. The third-order valence-electron chi connectivity index (χ3n) is 6.38. The fourth-order valence-electron chi connectivity index (χ4n) is 4.21. The summed E-state index contributed by atoms with van der Waals surface area (Å²) < 4.78 is 77.8. The zero-order chi connectivity index (χ0) is 29.8. The zero-order valence-electron chi connectivity index (χ0n) is 21.9. The summed E-state index contributed by atoms with van der Waals surface area (Å²) >= 11 is 0. The van der Waals surface area contributed by atoms with Crippen molar-refractivity contribution in [2.45, 2.75) is 39.2 Å². The van der Waals surface area contributed by atoms with Crippen LogP contribution in [0.4, 0.5) is 22.0 Å². The summed E-state index contributed by atoms with van der Waals surface area (Å²) in [7, 11) is 1.18. The third-order valence-corrected chi connectivity index (χ3v) is 6.38. The quantitative estimate of drug-likeness (QED) is 0.181. The molecule has 0 aliphatic rings. The summed E-state index contributed by atoms with van der Waals surface area (Å²) in [6, 6.07) is 9.91. The maximum absolute atomic E-state index is 15.4. The number of nitrogens with zero attached hydrogens (tertiary/aromatic N) is 2. The van der Waals surface area contributed by atoms with E-state index in [-0.39, 0.29) is 11.5 Å². The summed E-state index contributed by atoms with van der Waals surface area (Å²) in [4.78, 5) is 27.3. The van der Waals surface area contributed by atoms with Crippen molar-refractivity contribution >= 4 is 5.57 Å². The van der Waals surface area contributed by atoms with Crippen LogP contribution in [-0.4, -0.2) is 16.2 Å². The molecule has 1 heterocycles. The van der Waals surface area contributed by atoms with Crippen LogP contribution in [0.3, 0.4) is 0 Å². The number of hydrogen-bond donors (Lipinski definition) is 1. The molecule has 1 aromatic heterocycles. The Hall–Kier alpha value is -4.43. The zero-order valence-corrected chi connectivity index (χ0v) is 21.9. The van der Waals surface area contributed by atoms with Crippen molar-refractivity contribution in [3.05, 3.63) is 121 Å². The van der Waals surface area contributed by atoms with Crippen LogP contribution in [0.15, 0.2) is 75.8 Å². The van der Waals surface area contributed by atoms with Crippen LogP contribution in [0.25, 0.3) is 5.57 Å². The van der Waals surface area contributed by atoms with E-state index >= 15 is 4.39 Å². The van der Waals surface area contributed by atoms with E-state index in [9.17, 15) is 27.2 Å². The van der Waals surface area contributed by atoms with Gasteiger partial charge in [0.1, 0.15) is 11.6 Å². The third kappa shape index (κ3) is 6.07. The van der Waals surface area contributed by atoms with Crippen LogP contribution in [0.2, 0.25) is 0 Å². The molecule has 6 nitrogen and oxygen atoms in total. The average Bonchev–Trinajstić information content (AvgIpc) is 2.92. The molecule has 0 aliphatic heterocycles. The first-order chi connectivity index (χ1) is 18.8. The number of alkyl halides is 3. The molecule has 3 aromatic rings. The molecule has 40 heavy (non-hydrogen) atoms. The number of nitrogens with two attached hydrogens (primary N) is 1. The van der Waals surface area contributed by atoms with E-state index in [1.807, 2.05) is 0 Å². The average molecular weight is 560 g/mol. The van der Waals surface area contributed by atoms with Crippen LogP contribution >= 0.6 is 0 Å². The van der Waals surface area contributed by atoms with Crippen LogP contribution in [0, 0.1) is 25.1 Å². The summed E-state index contributed by atoms with van der Waals surface area (Å²) in [6.07, 6.45) is 1.38. The first-order valence-electron chi connectivity index (χ1n) is 11.9. The SMILES string of the molecule is C#C/C=C(\C(F)=C(/C)OC)c1c(C)n(Cc2c(F)cccc2C(F)(F)F)c(=O)n(C[C@H](N)c2ccccc2)c1=O. The van der Waals surface area contributed by atoms with Crippen molar-refractivity contribution in [2.24, 2.45) is 5.73 Å². The van der Waals surface area contributed by atoms with Gasteiger partial charge in [0, 0.05) is 22.9 Å². The standard InChI is InChI=1S/C29H26F5N3O3/c1-5-10-20(26(31)18(3)40-4)25-17(2)36(15-21-22(29(32,33)34)13-9-14-23(21)30)28(39)37(27(25)38)16-24(35)19-11-7-6-8-12-19/h1,6-14,24H,15-16,35H2,2-4H3/b20-10-,26-18-/t24-/m0/s1. The predicted octanol–water partition coefficient (Wildman–Crippen LogP) is 5.09. The molecule has 0 aliphatic carbocycles. The molecule has 3 rings (SSSR count). The normalized spacial score (nSPS) is 13.4. The molecule has 1 atom stereocenters. The molecule has 0 spiro atoms. The van der Waals surface area contributed by atoms with Crippen molar-refractivity contribution in [1.29, 1.82) is 0 Å². The van der Waals surface area contributed by atoms with E-state index in [4.69, 9.17) is 16.9 Å². The minimum atomic E-state index is -4.94. The van der Waals surface area contributed by atoms with Crippen LogP contribution in [0.1, 0.15) is 40.9 Å². The van der Waals surface area contributed by atoms with Crippen LogP contribution in [-0.2, 0) is 24.0 Å². The summed E-state index contributed by atoms with van der Waals surface area (Å²) in [6.45, 7) is 1.16. The molecule has 0 saturated carbocycles. The van der Waals surface area contributed by atoms with Gasteiger partial charge in [0.25, 0.3) is 5.56 Å². The lowest BCUT2D eigenvalue weighted by Crippen LogP contribution is -2.45. The molecule has 0 amide bonds. The maximum atomic E-state index is 15.4. The maximum Gasteiger partial charge on any atom is 0.416 e. The molecular weight excluding hydrogens is 533 g/mol. The molecule has 0 bridgehead atoms. The Balaban J connectivity index is 2.39. The van der Waals surface area contributed by atoms with E-state index in [0.29, 0.717) is 16.2 Å². The van der Waals surface area contributed by atoms with Gasteiger partial charge in [-0.25, -0.2) is 13.6 Å². The first-order valence-corrected chi connectivity index (χ1v) is 11.9.